The molecule has 0 saturated carbocycles. The van der Waals surface area contributed by atoms with Gasteiger partial charge in [0.05, 0.1) is 4.88 Å². The fourth-order valence-electron chi connectivity index (χ4n) is 3.35. The van der Waals surface area contributed by atoms with Gasteiger partial charge < -0.3 is 14.3 Å². The van der Waals surface area contributed by atoms with Gasteiger partial charge in [0.15, 0.2) is 17.3 Å². The Kier molecular flexibility index (Phi) is 4.05. The number of carbonyl (C=O) groups is 1. The van der Waals surface area contributed by atoms with E-state index in [2.05, 4.69) is 25.2 Å². The Morgan fingerprint density at radius 2 is 2.07 bits per heavy atom. The predicted octanol–water partition coefficient (Wildman–Crippen LogP) is 2.11. The number of thiophene rings is 1. The molecule has 0 aromatic carbocycles. The molecule has 1 aliphatic heterocycles. The first-order valence-electron chi connectivity index (χ1n) is 8.92. The lowest BCUT2D eigenvalue weighted by atomic mass is 10.2. The van der Waals surface area contributed by atoms with Crippen molar-refractivity contribution in [2.45, 2.75) is 6.92 Å². The zero-order valence-electron chi connectivity index (χ0n) is 15.1. The van der Waals surface area contributed by atoms with E-state index in [0.717, 1.165) is 22.2 Å². The number of amides is 1. The lowest BCUT2D eigenvalue weighted by Crippen LogP contribution is -2.49. The van der Waals surface area contributed by atoms with Crippen molar-refractivity contribution in [2.75, 3.05) is 31.1 Å². The standard InChI is InChI=1S/C18H17N7O2S/c1-12-20-21-17-16(19-4-5-25(12)17)23-6-8-24(9-7-23)18(26)13-11-14(27-22-13)15-3-2-10-28-15/h2-5,10-11H,6-9H2,1H3. The maximum atomic E-state index is 12.8. The molecule has 1 fully saturated rings. The van der Waals surface area contributed by atoms with Crippen LogP contribution in [0.2, 0.25) is 0 Å². The van der Waals surface area contributed by atoms with Crippen LogP contribution in [0.1, 0.15) is 16.3 Å². The lowest BCUT2D eigenvalue weighted by molar-refractivity contribution is 0.0736. The molecular formula is C18H17N7O2S. The fraction of sp³-hybridized carbons (Fsp3) is 0.278. The number of aryl methyl sites for hydroxylation is 1. The van der Waals surface area contributed by atoms with Crippen molar-refractivity contribution in [1.29, 1.82) is 0 Å². The molecule has 5 rings (SSSR count). The number of hydrogen-bond acceptors (Lipinski definition) is 8. The Bertz CT molecular complexity index is 1130. The molecule has 4 aromatic heterocycles. The first kappa shape index (κ1) is 16.9. The second kappa shape index (κ2) is 6.71. The van der Waals surface area contributed by atoms with Crippen LogP contribution in [0.4, 0.5) is 5.82 Å². The molecule has 4 aromatic rings. The van der Waals surface area contributed by atoms with Crippen molar-refractivity contribution in [3.63, 3.8) is 0 Å². The molecule has 1 aliphatic rings. The zero-order valence-corrected chi connectivity index (χ0v) is 16.0. The molecule has 9 nitrogen and oxygen atoms in total. The molecule has 0 unspecified atom stereocenters. The fourth-order valence-corrected chi connectivity index (χ4v) is 4.02. The highest BCUT2D eigenvalue weighted by Crippen LogP contribution is 2.26. The summed E-state index contributed by atoms with van der Waals surface area (Å²) in [6, 6.07) is 5.59. The van der Waals surface area contributed by atoms with Crippen LogP contribution in [0, 0.1) is 6.92 Å². The Labute approximate surface area is 164 Å². The predicted molar refractivity (Wildman–Crippen MR) is 103 cm³/mol. The monoisotopic (exact) mass is 395 g/mol. The number of carbonyl (C=O) groups excluding carboxylic acids is 1. The third-order valence-electron chi connectivity index (χ3n) is 4.84. The van der Waals surface area contributed by atoms with E-state index in [1.165, 1.54) is 0 Å². The topological polar surface area (TPSA) is 92.7 Å². The third kappa shape index (κ3) is 2.82. The molecule has 5 heterocycles. The molecule has 0 radical (unpaired) electrons. The molecule has 0 N–H and O–H groups in total. The molecule has 142 valence electrons. The Morgan fingerprint density at radius 3 is 2.86 bits per heavy atom. The van der Waals surface area contributed by atoms with E-state index in [-0.39, 0.29) is 5.91 Å². The molecule has 28 heavy (non-hydrogen) atoms. The Hall–Kier alpha value is -3.27. The van der Waals surface area contributed by atoms with Crippen LogP contribution in [0.25, 0.3) is 16.3 Å². The van der Waals surface area contributed by atoms with E-state index >= 15 is 0 Å². The minimum atomic E-state index is -0.115. The van der Waals surface area contributed by atoms with Crippen molar-refractivity contribution < 1.29 is 9.32 Å². The van der Waals surface area contributed by atoms with Gasteiger partial charge in [-0.25, -0.2) is 4.98 Å². The highest BCUT2D eigenvalue weighted by molar-refractivity contribution is 7.13. The van der Waals surface area contributed by atoms with Crippen LogP contribution >= 0.6 is 11.3 Å². The molecule has 0 atom stereocenters. The van der Waals surface area contributed by atoms with E-state index in [1.807, 2.05) is 35.0 Å². The molecule has 10 heteroatoms. The quantitative estimate of drug-likeness (QED) is 0.524. The van der Waals surface area contributed by atoms with E-state index in [1.54, 1.807) is 28.5 Å². The SMILES string of the molecule is Cc1nnc2c(N3CCN(C(=O)c4cc(-c5cccs5)on4)CC3)nccn12. The van der Waals surface area contributed by atoms with Crippen molar-refractivity contribution in [3.05, 3.63) is 47.5 Å². The molecule has 1 saturated heterocycles. The summed E-state index contributed by atoms with van der Waals surface area (Å²) in [5, 5.41) is 14.3. The summed E-state index contributed by atoms with van der Waals surface area (Å²) >= 11 is 1.55. The van der Waals surface area contributed by atoms with E-state index < -0.39 is 0 Å². The number of aromatic nitrogens is 5. The molecule has 0 spiro atoms. The summed E-state index contributed by atoms with van der Waals surface area (Å²) < 4.78 is 7.25. The van der Waals surface area contributed by atoms with E-state index in [4.69, 9.17) is 4.52 Å². The van der Waals surface area contributed by atoms with Crippen LogP contribution < -0.4 is 4.90 Å². The Morgan fingerprint density at radius 1 is 1.21 bits per heavy atom. The highest BCUT2D eigenvalue weighted by Gasteiger charge is 2.26. The minimum absolute atomic E-state index is 0.115. The number of anilines is 1. The van der Waals surface area contributed by atoms with Gasteiger partial charge in [0.1, 0.15) is 5.82 Å². The van der Waals surface area contributed by atoms with Crippen molar-refractivity contribution in [3.8, 4) is 10.6 Å². The second-order valence-corrected chi connectivity index (χ2v) is 7.47. The van der Waals surface area contributed by atoms with Gasteiger partial charge in [-0.3, -0.25) is 9.20 Å². The average molecular weight is 395 g/mol. The van der Waals surface area contributed by atoms with E-state index in [9.17, 15) is 4.79 Å². The third-order valence-corrected chi connectivity index (χ3v) is 5.72. The van der Waals surface area contributed by atoms with Gasteiger partial charge in [0.25, 0.3) is 5.91 Å². The summed E-state index contributed by atoms with van der Waals surface area (Å²) in [5.74, 6) is 2.11. The lowest BCUT2D eigenvalue weighted by Gasteiger charge is -2.34. The van der Waals surface area contributed by atoms with Crippen molar-refractivity contribution >= 4 is 28.7 Å². The van der Waals surface area contributed by atoms with Gasteiger partial charge in [-0.05, 0) is 18.4 Å². The van der Waals surface area contributed by atoms with Gasteiger partial charge in [0.2, 0.25) is 5.65 Å². The number of hydrogen-bond donors (Lipinski definition) is 0. The molecular weight excluding hydrogens is 378 g/mol. The normalized spacial score (nSPS) is 14.8. The highest BCUT2D eigenvalue weighted by atomic mass is 32.1. The van der Waals surface area contributed by atoms with E-state index in [0.29, 0.717) is 37.6 Å². The van der Waals surface area contributed by atoms with Crippen molar-refractivity contribution in [2.24, 2.45) is 0 Å². The number of fused-ring (bicyclic) bond motifs is 1. The van der Waals surface area contributed by atoms with Gasteiger partial charge in [-0.1, -0.05) is 11.2 Å². The van der Waals surface area contributed by atoms with Crippen LogP contribution in [-0.2, 0) is 0 Å². The maximum Gasteiger partial charge on any atom is 0.276 e. The van der Waals surface area contributed by atoms with Crippen LogP contribution in [0.15, 0.2) is 40.5 Å². The maximum absolute atomic E-state index is 12.8. The summed E-state index contributed by atoms with van der Waals surface area (Å²) in [5.41, 5.74) is 1.07. The Balaban J connectivity index is 1.30. The minimum Gasteiger partial charge on any atom is -0.355 e. The second-order valence-electron chi connectivity index (χ2n) is 6.52. The molecule has 0 aliphatic carbocycles. The first-order valence-corrected chi connectivity index (χ1v) is 9.80. The smallest absolute Gasteiger partial charge is 0.276 e. The van der Waals surface area contributed by atoms with Gasteiger partial charge in [0, 0.05) is 44.6 Å². The largest absolute Gasteiger partial charge is 0.355 e. The van der Waals surface area contributed by atoms with Crippen LogP contribution in [0.5, 0.6) is 0 Å². The molecule has 0 bridgehead atoms. The van der Waals surface area contributed by atoms with Crippen LogP contribution in [-0.4, -0.2) is 61.7 Å². The summed E-state index contributed by atoms with van der Waals surface area (Å²) in [4.78, 5) is 22.1. The first-order chi connectivity index (χ1) is 13.7. The van der Waals surface area contributed by atoms with Gasteiger partial charge in [-0.2, -0.15) is 0 Å². The summed E-state index contributed by atoms with van der Waals surface area (Å²) in [6.07, 6.45) is 3.60. The summed E-state index contributed by atoms with van der Waals surface area (Å²) in [7, 11) is 0. The van der Waals surface area contributed by atoms with Gasteiger partial charge in [-0.15, -0.1) is 21.5 Å². The van der Waals surface area contributed by atoms with Crippen molar-refractivity contribution in [1.82, 2.24) is 29.6 Å². The number of rotatable bonds is 3. The van der Waals surface area contributed by atoms with Gasteiger partial charge >= 0.3 is 0 Å². The number of piperazine rings is 1. The number of nitrogens with zero attached hydrogens (tertiary/aromatic N) is 7. The zero-order chi connectivity index (χ0) is 19.1. The average Bonchev–Trinajstić information content (AvgIpc) is 3.48. The van der Waals surface area contributed by atoms with Crippen LogP contribution in [0.3, 0.4) is 0 Å². The molecule has 1 amide bonds. The summed E-state index contributed by atoms with van der Waals surface area (Å²) in [6.45, 7) is 4.40.